The average Bonchev–Trinajstić information content (AvgIpc) is 3.13. The van der Waals surface area contributed by atoms with Gasteiger partial charge in [0.1, 0.15) is 11.4 Å². The molecule has 3 rings (SSSR count). The Bertz CT molecular complexity index is 1400. The first-order valence-electron chi connectivity index (χ1n) is 11.8. The molecule has 0 aliphatic carbocycles. The lowest BCUT2D eigenvalue weighted by atomic mass is 10.1. The summed E-state index contributed by atoms with van der Waals surface area (Å²) in [6, 6.07) is 10.9. The van der Waals surface area contributed by atoms with E-state index in [0.29, 0.717) is 29.6 Å². The molecule has 202 valence electrons. The van der Waals surface area contributed by atoms with Crippen LogP contribution in [0.15, 0.2) is 47.4 Å². The molecule has 38 heavy (non-hydrogen) atoms. The standard InChI is InChI=1S/C27H30N2O7S2/c1-18-17-20(28-24(31)36-26(2,3)4)11-10-19(18)9-7-6-8-16-27(23(30)29-25(32)37-27)38(33,34)22-14-12-21(35-5)13-15-22/h10-15,17H,6,8,16H2,1-5H3,(H,28,31)(H,29,30,32). The van der Waals surface area contributed by atoms with Crippen molar-refractivity contribution >= 4 is 44.5 Å². The maximum Gasteiger partial charge on any atom is 0.412 e. The lowest BCUT2D eigenvalue weighted by Crippen LogP contribution is -2.43. The van der Waals surface area contributed by atoms with Gasteiger partial charge in [-0.1, -0.05) is 11.8 Å². The summed E-state index contributed by atoms with van der Waals surface area (Å²) in [5.74, 6) is 5.67. The molecule has 0 radical (unpaired) electrons. The SMILES string of the molecule is COc1ccc(S(=O)(=O)C2(CCCC#Cc3ccc(NC(=O)OC(C)(C)C)cc3C)SC(=O)NC2=O)cc1. The Morgan fingerprint density at radius 1 is 1.13 bits per heavy atom. The predicted octanol–water partition coefficient (Wildman–Crippen LogP) is 5.03. The molecule has 3 amide bonds. The van der Waals surface area contributed by atoms with Crippen molar-refractivity contribution in [3.05, 3.63) is 53.6 Å². The van der Waals surface area contributed by atoms with E-state index in [1.165, 1.54) is 31.4 Å². The molecule has 1 aliphatic heterocycles. The van der Waals surface area contributed by atoms with Gasteiger partial charge in [0, 0.05) is 17.7 Å². The maximum atomic E-state index is 13.5. The van der Waals surface area contributed by atoms with Crippen molar-refractivity contribution in [2.24, 2.45) is 0 Å². The third-order valence-corrected chi connectivity index (χ3v) is 9.59. The van der Waals surface area contributed by atoms with Crippen LogP contribution < -0.4 is 15.4 Å². The molecule has 11 heteroatoms. The highest BCUT2D eigenvalue weighted by molar-refractivity contribution is 8.25. The van der Waals surface area contributed by atoms with Gasteiger partial charge in [-0.15, -0.1) is 0 Å². The van der Waals surface area contributed by atoms with E-state index in [-0.39, 0.29) is 17.7 Å². The topological polar surface area (TPSA) is 128 Å². The quantitative estimate of drug-likeness (QED) is 0.358. The fourth-order valence-electron chi connectivity index (χ4n) is 3.70. The summed E-state index contributed by atoms with van der Waals surface area (Å²) in [4.78, 5) is 36.6. The van der Waals surface area contributed by atoms with Gasteiger partial charge in [-0.2, -0.15) is 0 Å². The molecule has 1 atom stereocenters. The van der Waals surface area contributed by atoms with Crippen LogP contribution in [-0.4, -0.2) is 42.4 Å². The van der Waals surface area contributed by atoms with Gasteiger partial charge in [-0.25, -0.2) is 13.2 Å². The highest BCUT2D eigenvalue weighted by atomic mass is 32.3. The number of aryl methyl sites for hydroxylation is 1. The van der Waals surface area contributed by atoms with Gasteiger partial charge >= 0.3 is 6.09 Å². The van der Waals surface area contributed by atoms with E-state index in [9.17, 15) is 22.8 Å². The zero-order valence-corrected chi connectivity index (χ0v) is 23.5. The largest absolute Gasteiger partial charge is 0.497 e. The van der Waals surface area contributed by atoms with Crippen molar-refractivity contribution in [3.63, 3.8) is 0 Å². The number of imide groups is 1. The number of thioether (sulfide) groups is 1. The van der Waals surface area contributed by atoms with Crippen LogP contribution in [0.25, 0.3) is 0 Å². The molecule has 1 saturated heterocycles. The minimum Gasteiger partial charge on any atom is -0.497 e. The normalized spacial score (nSPS) is 17.3. The summed E-state index contributed by atoms with van der Waals surface area (Å²) < 4.78 is 35.3. The zero-order chi connectivity index (χ0) is 28.1. The van der Waals surface area contributed by atoms with E-state index in [4.69, 9.17) is 9.47 Å². The fraction of sp³-hybridized carbons (Fsp3) is 0.370. The number of carbonyl (C=O) groups is 3. The molecule has 2 aromatic rings. The second-order valence-electron chi connectivity index (χ2n) is 9.59. The summed E-state index contributed by atoms with van der Waals surface area (Å²) in [5.41, 5.74) is 1.54. The highest BCUT2D eigenvalue weighted by Crippen LogP contribution is 2.44. The number of anilines is 1. The third kappa shape index (κ3) is 6.68. The smallest absolute Gasteiger partial charge is 0.412 e. The summed E-state index contributed by atoms with van der Waals surface area (Å²) in [5, 5.41) is 4.10. The zero-order valence-electron chi connectivity index (χ0n) is 21.8. The van der Waals surface area contributed by atoms with Crippen molar-refractivity contribution in [1.29, 1.82) is 0 Å². The highest BCUT2D eigenvalue weighted by Gasteiger charge is 2.57. The average molecular weight is 559 g/mol. The van der Waals surface area contributed by atoms with Gasteiger partial charge in [-0.3, -0.25) is 20.2 Å². The number of carbonyl (C=O) groups excluding carboxylic acids is 3. The van der Waals surface area contributed by atoms with Crippen LogP contribution >= 0.6 is 11.8 Å². The van der Waals surface area contributed by atoms with Gasteiger partial charge in [0.2, 0.25) is 13.9 Å². The van der Waals surface area contributed by atoms with E-state index >= 15 is 0 Å². The number of hydrogen-bond acceptors (Lipinski definition) is 8. The lowest BCUT2D eigenvalue weighted by molar-refractivity contribution is -0.120. The number of hydrogen-bond donors (Lipinski definition) is 2. The maximum absolute atomic E-state index is 13.5. The summed E-state index contributed by atoms with van der Waals surface area (Å²) >= 11 is 0.488. The molecule has 1 unspecified atom stereocenters. The molecule has 2 aromatic carbocycles. The number of methoxy groups -OCH3 is 1. The van der Waals surface area contributed by atoms with Crippen molar-refractivity contribution < 1.29 is 32.3 Å². The summed E-state index contributed by atoms with van der Waals surface area (Å²) in [7, 11) is -2.74. The van der Waals surface area contributed by atoms with E-state index in [1.807, 2.05) is 6.92 Å². The molecule has 2 N–H and O–H groups in total. The Morgan fingerprint density at radius 3 is 2.37 bits per heavy atom. The van der Waals surface area contributed by atoms with Crippen LogP contribution in [0.2, 0.25) is 0 Å². The van der Waals surface area contributed by atoms with Gasteiger partial charge < -0.3 is 9.47 Å². The van der Waals surface area contributed by atoms with Gasteiger partial charge in [0.05, 0.1) is 12.0 Å². The third-order valence-electron chi connectivity index (χ3n) is 5.53. The number of rotatable bonds is 7. The summed E-state index contributed by atoms with van der Waals surface area (Å²) in [6.07, 6.45) is -0.0653. The molecular weight excluding hydrogens is 528 g/mol. The molecular formula is C27H30N2O7S2. The van der Waals surface area contributed by atoms with E-state index in [2.05, 4.69) is 22.5 Å². The Morgan fingerprint density at radius 2 is 1.82 bits per heavy atom. The van der Waals surface area contributed by atoms with Crippen LogP contribution in [0, 0.1) is 18.8 Å². The predicted molar refractivity (Wildman–Crippen MR) is 146 cm³/mol. The van der Waals surface area contributed by atoms with Gasteiger partial charge in [0.15, 0.2) is 0 Å². The van der Waals surface area contributed by atoms with Crippen molar-refractivity contribution in [3.8, 4) is 17.6 Å². The molecule has 1 heterocycles. The van der Waals surface area contributed by atoms with Crippen molar-refractivity contribution in [2.45, 2.75) is 61.5 Å². The molecule has 0 bridgehead atoms. The van der Waals surface area contributed by atoms with Crippen LogP contribution in [0.4, 0.5) is 15.3 Å². The van der Waals surface area contributed by atoms with Crippen molar-refractivity contribution in [1.82, 2.24) is 5.32 Å². The molecule has 0 saturated carbocycles. The van der Waals surface area contributed by atoms with E-state index < -0.39 is 36.8 Å². The number of ether oxygens (including phenoxy) is 2. The van der Waals surface area contributed by atoms with Crippen LogP contribution in [-0.2, 0) is 19.4 Å². The molecule has 9 nitrogen and oxygen atoms in total. The monoisotopic (exact) mass is 558 g/mol. The Balaban J connectivity index is 1.70. The van der Waals surface area contributed by atoms with Gasteiger partial charge in [-0.05, 0) is 100 Å². The first-order chi connectivity index (χ1) is 17.8. The number of sulfone groups is 1. The minimum absolute atomic E-state index is 0.0718. The Labute approximate surface area is 227 Å². The second kappa shape index (κ2) is 11.5. The van der Waals surface area contributed by atoms with E-state index in [0.717, 1.165) is 11.1 Å². The van der Waals surface area contributed by atoms with Crippen LogP contribution in [0.1, 0.15) is 51.2 Å². The van der Waals surface area contributed by atoms with Crippen molar-refractivity contribution in [2.75, 3.05) is 12.4 Å². The lowest BCUT2D eigenvalue weighted by Gasteiger charge is -2.24. The number of amides is 3. The fourth-order valence-corrected chi connectivity index (χ4v) is 7.07. The van der Waals surface area contributed by atoms with Gasteiger partial charge in [0.25, 0.3) is 11.1 Å². The Hall–Kier alpha value is -3.49. The summed E-state index contributed by atoms with van der Waals surface area (Å²) in [6.45, 7) is 7.19. The van der Waals surface area contributed by atoms with E-state index in [1.54, 1.807) is 39.0 Å². The molecule has 0 aromatic heterocycles. The van der Waals surface area contributed by atoms with Crippen LogP contribution in [0.5, 0.6) is 5.75 Å². The minimum atomic E-state index is -4.20. The molecule has 1 aliphatic rings. The molecule has 1 fully saturated rings. The second-order valence-corrected chi connectivity index (χ2v) is 13.3. The first kappa shape index (κ1) is 29.1. The first-order valence-corrected chi connectivity index (χ1v) is 14.1. The number of benzene rings is 2. The number of unbranched alkanes of at least 4 members (excludes halogenated alkanes) is 1. The molecule has 0 spiro atoms. The Kier molecular flexibility index (Phi) is 8.79. The van der Waals surface area contributed by atoms with Crippen LogP contribution in [0.3, 0.4) is 0 Å². The number of nitrogens with one attached hydrogen (secondary N) is 2.